The van der Waals surface area contributed by atoms with E-state index in [1.54, 1.807) is 7.11 Å². The summed E-state index contributed by atoms with van der Waals surface area (Å²) < 4.78 is 5.06. The monoisotopic (exact) mass is 221 g/mol. The molecule has 0 amide bonds. The van der Waals surface area contributed by atoms with Gasteiger partial charge in [-0.3, -0.25) is 0 Å². The number of aliphatic hydroxyl groups excluding tert-OH is 1. The number of methoxy groups -OCH3 is 1. The molecule has 0 bridgehead atoms. The van der Waals surface area contributed by atoms with Gasteiger partial charge in [0, 0.05) is 19.8 Å². The Morgan fingerprint density at radius 3 is 2.86 bits per heavy atom. The lowest BCUT2D eigenvalue weighted by Crippen LogP contribution is -2.34. The van der Waals surface area contributed by atoms with Gasteiger partial charge in [-0.1, -0.05) is 6.92 Å². The molecule has 0 saturated heterocycles. The third-order valence-electron chi connectivity index (χ3n) is 1.95. The molecule has 0 aliphatic rings. The van der Waals surface area contributed by atoms with E-state index >= 15 is 0 Å². The topological polar surface area (TPSA) is 41.5 Å². The molecule has 4 heteroatoms. The summed E-state index contributed by atoms with van der Waals surface area (Å²) >= 11 is 1.97. The summed E-state index contributed by atoms with van der Waals surface area (Å²) in [5.74, 6) is 2.40. The van der Waals surface area contributed by atoms with Crippen LogP contribution in [0.4, 0.5) is 0 Å². The fourth-order valence-corrected chi connectivity index (χ4v) is 1.86. The van der Waals surface area contributed by atoms with E-state index in [4.69, 9.17) is 9.84 Å². The van der Waals surface area contributed by atoms with Crippen molar-refractivity contribution in [3.05, 3.63) is 0 Å². The maximum Gasteiger partial charge on any atom is 0.0616 e. The van der Waals surface area contributed by atoms with Gasteiger partial charge in [0.05, 0.1) is 6.61 Å². The van der Waals surface area contributed by atoms with Gasteiger partial charge in [-0.05, 0) is 30.9 Å². The molecule has 86 valence electrons. The molecule has 3 nitrogen and oxygen atoms in total. The van der Waals surface area contributed by atoms with Crippen LogP contribution in [0.2, 0.25) is 0 Å². The predicted molar refractivity (Wildman–Crippen MR) is 63.0 cm³/mol. The first kappa shape index (κ1) is 14.2. The lowest BCUT2D eigenvalue weighted by Gasteiger charge is -2.16. The summed E-state index contributed by atoms with van der Waals surface area (Å²) in [5.41, 5.74) is 0. The van der Waals surface area contributed by atoms with Crippen molar-refractivity contribution in [1.82, 2.24) is 5.32 Å². The lowest BCUT2D eigenvalue weighted by molar-refractivity contribution is 0.149. The average molecular weight is 221 g/mol. The van der Waals surface area contributed by atoms with Crippen LogP contribution < -0.4 is 5.32 Å². The zero-order valence-corrected chi connectivity index (χ0v) is 10.1. The molecule has 1 atom stereocenters. The van der Waals surface area contributed by atoms with Crippen LogP contribution in [0.25, 0.3) is 0 Å². The molecular weight excluding hydrogens is 198 g/mol. The van der Waals surface area contributed by atoms with Crippen molar-refractivity contribution >= 4 is 11.8 Å². The molecule has 0 saturated carbocycles. The van der Waals surface area contributed by atoms with E-state index in [1.165, 1.54) is 17.9 Å². The van der Waals surface area contributed by atoms with Crippen molar-refractivity contribution in [2.75, 3.05) is 38.4 Å². The molecule has 14 heavy (non-hydrogen) atoms. The molecule has 0 spiro atoms. The SMILES string of the molecule is CCSCCCNC(CCO)COC. The first-order valence-corrected chi connectivity index (χ1v) is 6.41. The van der Waals surface area contributed by atoms with E-state index in [2.05, 4.69) is 12.2 Å². The number of hydrogen-bond acceptors (Lipinski definition) is 4. The maximum absolute atomic E-state index is 8.80. The minimum absolute atomic E-state index is 0.227. The largest absolute Gasteiger partial charge is 0.396 e. The Morgan fingerprint density at radius 2 is 2.29 bits per heavy atom. The van der Waals surface area contributed by atoms with Crippen molar-refractivity contribution in [2.24, 2.45) is 0 Å². The van der Waals surface area contributed by atoms with Gasteiger partial charge < -0.3 is 15.2 Å². The van der Waals surface area contributed by atoms with Gasteiger partial charge in [0.2, 0.25) is 0 Å². The molecule has 0 radical (unpaired) electrons. The zero-order valence-electron chi connectivity index (χ0n) is 9.29. The van der Waals surface area contributed by atoms with Gasteiger partial charge in [-0.25, -0.2) is 0 Å². The van der Waals surface area contributed by atoms with E-state index in [1.807, 2.05) is 11.8 Å². The Balaban J connectivity index is 3.30. The Hall–Kier alpha value is 0.230. The molecule has 0 rings (SSSR count). The normalized spacial score (nSPS) is 13.1. The van der Waals surface area contributed by atoms with E-state index in [0.29, 0.717) is 12.6 Å². The maximum atomic E-state index is 8.80. The molecule has 1 unspecified atom stereocenters. The number of aliphatic hydroxyl groups is 1. The fraction of sp³-hybridized carbons (Fsp3) is 1.00. The molecule has 0 aromatic heterocycles. The minimum atomic E-state index is 0.227. The molecule has 0 aromatic rings. The summed E-state index contributed by atoms with van der Waals surface area (Å²) in [5, 5.41) is 12.2. The van der Waals surface area contributed by atoms with Crippen LogP contribution in [0.3, 0.4) is 0 Å². The minimum Gasteiger partial charge on any atom is -0.396 e. The van der Waals surface area contributed by atoms with Gasteiger partial charge >= 0.3 is 0 Å². The van der Waals surface area contributed by atoms with Crippen LogP contribution in [0.15, 0.2) is 0 Å². The first-order chi connectivity index (χ1) is 6.85. The highest BCUT2D eigenvalue weighted by Crippen LogP contribution is 2.00. The Morgan fingerprint density at radius 1 is 1.50 bits per heavy atom. The van der Waals surface area contributed by atoms with Crippen LogP contribution >= 0.6 is 11.8 Å². The van der Waals surface area contributed by atoms with Crippen LogP contribution in [0.5, 0.6) is 0 Å². The van der Waals surface area contributed by atoms with Crippen molar-refractivity contribution < 1.29 is 9.84 Å². The zero-order chi connectivity index (χ0) is 10.6. The number of rotatable bonds is 10. The molecule has 0 aromatic carbocycles. The van der Waals surface area contributed by atoms with E-state index in [0.717, 1.165) is 13.0 Å². The summed E-state index contributed by atoms with van der Waals surface area (Å²) in [6.45, 7) is 4.10. The third kappa shape index (κ3) is 8.81. The highest BCUT2D eigenvalue weighted by Gasteiger charge is 2.05. The van der Waals surface area contributed by atoms with Gasteiger partial charge in [0.1, 0.15) is 0 Å². The van der Waals surface area contributed by atoms with Crippen molar-refractivity contribution in [3.8, 4) is 0 Å². The Labute approximate surface area is 91.6 Å². The van der Waals surface area contributed by atoms with Crippen molar-refractivity contribution in [3.63, 3.8) is 0 Å². The third-order valence-corrected chi connectivity index (χ3v) is 2.93. The summed E-state index contributed by atoms with van der Waals surface area (Å²) in [6.07, 6.45) is 1.96. The number of thioether (sulfide) groups is 1. The smallest absolute Gasteiger partial charge is 0.0616 e. The molecular formula is C10H23NO2S. The highest BCUT2D eigenvalue weighted by atomic mass is 32.2. The molecule has 0 fully saturated rings. The van der Waals surface area contributed by atoms with Crippen LogP contribution in [0.1, 0.15) is 19.8 Å². The number of ether oxygens (including phenoxy) is 1. The van der Waals surface area contributed by atoms with Crippen LogP contribution in [0, 0.1) is 0 Å². The van der Waals surface area contributed by atoms with Gasteiger partial charge in [-0.2, -0.15) is 11.8 Å². The van der Waals surface area contributed by atoms with E-state index < -0.39 is 0 Å². The number of hydrogen-bond donors (Lipinski definition) is 2. The summed E-state index contributed by atoms with van der Waals surface area (Å²) in [6, 6.07) is 0.302. The van der Waals surface area contributed by atoms with Crippen molar-refractivity contribution in [2.45, 2.75) is 25.8 Å². The molecule has 0 heterocycles. The second-order valence-electron chi connectivity index (χ2n) is 3.17. The van der Waals surface area contributed by atoms with Crippen LogP contribution in [-0.4, -0.2) is 49.5 Å². The highest BCUT2D eigenvalue weighted by molar-refractivity contribution is 7.99. The van der Waals surface area contributed by atoms with Gasteiger partial charge in [-0.15, -0.1) is 0 Å². The molecule has 2 N–H and O–H groups in total. The molecule has 0 aliphatic carbocycles. The predicted octanol–water partition coefficient (Wildman–Crippen LogP) is 1.12. The summed E-state index contributed by atoms with van der Waals surface area (Å²) in [7, 11) is 1.69. The standard InChI is InChI=1S/C10H23NO2S/c1-3-14-8-4-6-11-10(5-7-12)9-13-2/h10-12H,3-9H2,1-2H3. The van der Waals surface area contributed by atoms with Crippen molar-refractivity contribution in [1.29, 1.82) is 0 Å². The Kier molecular flexibility index (Phi) is 11.5. The first-order valence-electron chi connectivity index (χ1n) is 5.26. The quantitative estimate of drug-likeness (QED) is 0.542. The second kappa shape index (κ2) is 11.3. The van der Waals surface area contributed by atoms with Gasteiger partial charge in [0.15, 0.2) is 0 Å². The fourth-order valence-electron chi connectivity index (χ4n) is 1.23. The van der Waals surface area contributed by atoms with Gasteiger partial charge in [0.25, 0.3) is 0 Å². The van der Waals surface area contributed by atoms with Crippen LogP contribution in [-0.2, 0) is 4.74 Å². The van der Waals surface area contributed by atoms with E-state index in [-0.39, 0.29) is 6.61 Å². The summed E-state index contributed by atoms with van der Waals surface area (Å²) in [4.78, 5) is 0. The average Bonchev–Trinajstić information content (AvgIpc) is 2.18. The molecule has 0 aliphatic heterocycles. The van der Waals surface area contributed by atoms with E-state index in [9.17, 15) is 0 Å². The lowest BCUT2D eigenvalue weighted by atomic mass is 10.2. The second-order valence-corrected chi connectivity index (χ2v) is 4.56. The number of nitrogens with one attached hydrogen (secondary N) is 1. The Bertz CT molecular complexity index is 108.